The maximum Gasteiger partial charge on any atom is 0.501 e. The summed E-state index contributed by atoms with van der Waals surface area (Å²) in [4.78, 5) is 39.5. The number of halogens is 4. The Morgan fingerprint density at radius 2 is 1.67 bits per heavy atom. The van der Waals surface area contributed by atoms with Crippen LogP contribution in [-0.2, 0) is 19.4 Å². The predicted octanol–water partition coefficient (Wildman–Crippen LogP) is 5.27. The van der Waals surface area contributed by atoms with Crippen LogP contribution in [0.1, 0.15) is 41.2 Å². The quantitative estimate of drug-likeness (QED) is 0.245. The molecular weight excluding hydrogens is 658 g/mol. The third kappa shape index (κ3) is 6.61. The summed E-state index contributed by atoms with van der Waals surface area (Å²) in [5.41, 5.74) is -4.77. The topological polar surface area (TPSA) is 142 Å². The first-order valence-corrected chi connectivity index (χ1v) is 16.4. The second-order valence-electron chi connectivity index (χ2n) is 12.2. The molecule has 3 aromatic rings. The van der Waals surface area contributed by atoms with Crippen molar-refractivity contribution in [3.63, 3.8) is 0 Å². The van der Waals surface area contributed by atoms with Gasteiger partial charge in [0.05, 0.1) is 23.5 Å². The number of ether oxygens (including phenoxy) is 1. The molecule has 2 fully saturated rings. The van der Waals surface area contributed by atoms with Gasteiger partial charge in [-0.15, -0.1) is 0 Å². The van der Waals surface area contributed by atoms with Crippen LogP contribution in [0, 0.1) is 23.6 Å². The zero-order chi connectivity index (χ0) is 35.1. The lowest BCUT2D eigenvalue weighted by molar-refractivity contribution is -0.142. The lowest BCUT2D eigenvalue weighted by Gasteiger charge is -2.31. The van der Waals surface area contributed by atoms with Crippen LogP contribution in [0.5, 0.6) is 5.75 Å². The summed E-state index contributed by atoms with van der Waals surface area (Å²) in [6, 6.07) is 10.9. The van der Waals surface area contributed by atoms with E-state index in [4.69, 9.17) is 4.74 Å². The number of amides is 2. The number of carbonyl (C=O) groups excluding carboxylic acids is 2. The molecule has 5 rings (SSSR count). The van der Waals surface area contributed by atoms with Gasteiger partial charge in [-0.25, -0.2) is 12.8 Å². The molecule has 0 heterocycles. The SMILES string of the molecule is COc1cc(F)c(-c2ccc(C(C(=O)O)N(C)C)cc2)cc1C(=O)NC1C2CCC(C2)C1C(=O)Nc1cccc(S(=O)(=O)C(F)(F)F)c1. The van der Waals surface area contributed by atoms with Gasteiger partial charge in [-0.3, -0.25) is 19.3 Å². The molecule has 2 saturated carbocycles. The van der Waals surface area contributed by atoms with Crippen molar-refractivity contribution in [2.45, 2.75) is 41.7 Å². The summed E-state index contributed by atoms with van der Waals surface area (Å²) >= 11 is 0. The maximum atomic E-state index is 15.3. The number of rotatable bonds is 10. The first-order chi connectivity index (χ1) is 22.5. The van der Waals surface area contributed by atoms with E-state index in [1.54, 1.807) is 38.4 Å². The molecule has 0 radical (unpaired) electrons. The van der Waals surface area contributed by atoms with Gasteiger partial charge in [0.1, 0.15) is 17.6 Å². The Bertz CT molecular complexity index is 1850. The first-order valence-electron chi connectivity index (χ1n) is 14.9. The number of fused-ring (bicyclic) bond motifs is 2. The number of nitrogens with one attached hydrogen (secondary N) is 2. The molecule has 2 bridgehead atoms. The molecule has 2 aliphatic rings. The van der Waals surface area contributed by atoms with Crippen molar-refractivity contribution in [1.82, 2.24) is 10.2 Å². The van der Waals surface area contributed by atoms with Gasteiger partial charge in [0, 0.05) is 23.4 Å². The van der Waals surface area contributed by atoms with Crippen LogP contribution < -0.4 is 15.4 Å². The number of nitrogens with zero attached hydrogens (tertiary/aromatic N) is 1. The Hall–Kier alpha value is -4.50. The molecule has 5 atom stereocenters. The van der Waals surface area contributed by atoms with Crippen LogP contribution in [0.3, 0.4) is 0 Å². The number of benzene rings is 3. The van der Waals surface area contributed by atoms with E-state index in [1.807, 2.05) is 0 Å². The van der Waals surface area contributed by atoms with E-state index in [0.717, 1.165) is 30.7 Å². The van der Waals surface area contributed by atoms with Gasteiger partial charge in [0.15, 0.2) is 0 Å². The lowest BCUT2D eigenvalue weighted by Crippen LogP contribution is -2.48. The van der Waals surface area contributed by atoms with Crippen molar-refractivity contribution >= 4 is 33.3 Å². The predicted molar refractivity (Wildman–Crippen MR) is 166 cm³/mol. The van der Waals surface area contributed by atoms with Crippen LogP contribution in [0.4, 0.5) is 23.2 Å². The molecule has 5 unspecified atom stereocenters. The Kier molecular flexibility index (Phi) is 9.57. The molecule has 0 aromatic heterocycles. The third-order valence-electron chi connectivity index (χ3n) is 9.06. The minimum atomic E-state index is -5.64. The van der Waals surface area contributed by atoms with Gasteiger partial charge in [0.25, 0.3) is 15.7 Å². The molecule has 3 N–H and O–H groups in total. The fourth-order valence-electron chi connectivity index (χ4n) is 6.83. The zero-order valence-electron chi connectivity index (χ0n) is 26.0. The van der Waals surface area contributed by atoms with Crippen LogP contribution >= 0.6 is 0 Å². The van der Waals surface area contributed by atoms with Crippen molar-refractivity contribution in [3.05, 3.63) is 77.6 Å². The van der Waals surface area contributed by atoms with Gasteiger partial charge >= 0.3 is 11.5 Å². The van der Waals surface area contributed by atoms with Gasteiger partial charge in [-0.05, 0) is 80.6 Å². The van der Waals surface area contributed by atoms with Crippen molar-refractivity contribution in [2.75, 3.05) is 26.5 Å². The Morgan fingerprint density at radius 1 is 1.00 bits per heavy atom. The molecular formula is C33H33F4N3O7S. The molecule has 0 saturated heterocycles. The number of alkyl halides is 3. The van der Waals surface area contributed by atoms with Crippen LogP contribution in [0.25, 0.3) is 11.1 Å². The fourth-order valence-corrected chi connectivity index (χ4v) is 7.64. The van der Waals surface area contributed by atoms with Crippen LogP contribution in [-0.4, -0.2) is 69.0 Å². The third-order valence-corrected chi connectivity index (χ3v) is 10.5. The molecule has 2 amide bonds. The van der Waals surface area contributed by atoms with Gasteiger partial charge in [-0.1, -0.05) is 30.3 Å². The summed E-state index contributed by atoms with van der Waals surface area (Å²) in [7, 11) is -1.13. The number of hydrogen-bond acceptors (Lipinski definition) is 7. The average Bonchev–Trinajstić information content (AvgIpc) is 3.62. The number of carboxylic acids is 1. The summed E-state index contributed by atoms with van der Waals surface area (Å²) < 4.78 is 83.7. The number of carbonyl (C=O) groups is 3. The van der Waals surface area contributed by atoms with Crippen LogP contribution in [0.2, 0.25) is 0 Å². The molecule has 256 valence electrons. The van der Waals surface area contributed by atoms with Crippen molar-refractivity contribution < 1.29 is 50.2 Å². The highest BCUT2D eigenvalue weighted by Gasteiger charge is 2.52. The Morgan fingerprint density at radius 3 is 2.27 bits per heavy atom. The molecule has 2 aliphatic carbocycles. The number of methoxy groups -OCH3 is 1. The zero-order valence-corrected chi connectivity index (χ0v) is 26.9. The van der Waals surface area contributed by atoms with E-state index in [1.165, 1.54) is 24.1 Å². The smallest absolute Gasteiger partial charge is 0.496 e. The molecule has 3 aromatic carbocycles. The fraction of sp³-hybridized carbons (Fsp3) is 0.364. The molecule has 48 heavy (non-hydrogen) atoms. The van der Waals surface area contributed by atoms with E-state index in [0.29, 0.717) is 24.0 Å². The van der Waals surface area contributed by atoms with Crippen LogP contribution in [0.15, 0.2) is 65.6 Å². The summed E-state index contributed by atoms with van der Waals surface area (Å²) in [5, 5.41) is 15.0. The van der Waals surface area contributed by atoms with E-state index in [-0.39, 0.29) is 34.4 Å². The normalized spacial score (nSPS) is 21.2. The average molecular weight is 692 g/mol. The summed E-state index contributed by atoms with van der Waals surface area (Å²) in [5.74, 6) is -4.02. The molecule has 15 heteroatoms. The van der Waals surface area contributed by atoms with E-state index in [2.05, 4.69) is 10.6 Å². The monoisotopic (exact) mass is 691 g/mol. The second-order valence-corrected chi connectivity index (χ2v) is 14.1. The van der Waals surface area contributed by atoms with Gasteiger partial charge in [0.2, 0.25) is 5.91 Å². The van der Waals surface area contributed by atoms with Crippen molar-refractivity contribution in [2.24, 2.45) is 17.8 Å². The molecule has 0 aliphatic heterocycles. The van der Waals surface area contributed by atoms with E-state index in [9.17, 15) is 41.1 Å². The highest BCUT2D eigenvalue weighted by molar-refractivity contribution is 7.92. The lowest BCUT2D eigenvalue weighted by atomic mass is 9.83. The summed E-state index contributed by atoms with van der Waals surface area (Å²) in [6.07, 6.45) is 2.03. The number of aliphatic carboxylic acids is 1. The summed E-state index contributed by atoms with van der Waals surface area (Å²) in [6.45, 7) is 0. The number of likely N-dealkylation sites (N-methyl/N-ethyl adjacent to an activating group) is 1. The molecule has 0 spiro atoms. The highest BCUT2D eigenvalue weighted by Crippen LogP contribution is 2.49. The molecule has 10 nitrogen and oxygen atoms in total. The second kappa shape index (κ2) is 13.2. The Balaban J connectivity index is 1.39. The highest BCUT2D eigenvalue weighted by atomic mass is 32.2. The van der Waals surface area contributed by atoms with E-state index < -0.39 is 61.8 Å². The van der Waals surface area contributed by atoms with Gasteiger partial charge < -0.3 is 20.5 Å². The van der Waals surface area contributed by atoms with Gasteiger partial charge in [-0.2, -0.15) is 13.2 Å². The number of anilines is 1. The number of hydrogen-bond donors (Lipinski definition) is 3. The Labute approximate surface area is 274 Å². The van der Waals surface area contributed by atoms with Crippen molar-refractivity contribution in [1.29, 1.82) is 0 Å². The number of sulfone groups is 1. The van der Waals surface area contributed by atoms with Crippen molar-refractivity contribution in [3.8, 4) is 16.9 Å². The first kappa shape index (κ1) is 34.8. The minimum absolute atomic E-state index is 0.0123. The number of carboxylic acid groups (broad SMARTS) is 1. The maximum absolute atomic E-state index is 15.3. The minimum Gasteiger partial charge on any atom is -0.496 e. The largest absolute Gasteiger partial charge is 0.501 e. The van der Waals surface area contributed by atoms with E-state index >= 15 is 4.39 Å². The standard InChI is InChI=1S/C33H33F4N3O7S/c1-40(2)29(32(43)44)18-9-7-17(8-10-18)23-15-24(26(47-3)16-25(23)34)30(41)39-28-20-12-11-19(13-20)27(28)31(42)38-21-5-4-6-22(14-21)48(45,46)33(35,36)37/h4-10,14-16,19-20,27-29H,11-13H2,1-3H3,(H,38,42)(H,39,41)(H,43,44).